The van der Waals surface area contributed by atoms with Crippen molar-refractivity contribution in [3.8, 4) is 0 Å². The molecule has 1 amide bonds. The normalized spacial score (nSPS) is 14.2. The summed E-state index contributed by atoms with van der Waals surface area (Å²) in [6.07, 6.45) is 52.9. The van der Waals surface area contributed by atoms with E-state index >= 15 is 0 Å². The first-order valence-electron chi connectivity index (χ1n) is 19.8. The molecule has 0 aliphatic carbocycles. The number of aliphatic hydroxyl groups excluding tert-OH is 1. The Labute approximate surface area is 307 Å². The molecule has 0 rings (SSSR count). The molecule has 3 N–H and O–H groups in total. The summed E-state index contributed by atoms with van der Waals surface area (Å²) >= 11 is 0. The molecule has 0 aromatic rings. The van der Waals surface area contributed by atoms with Gasteiger partial charge in [-0.25, -0.2) is 0 Å². The zero-order valence-electron chi connectivity index (χ0n) is 31.7. The molecule has 7 heteroatoms. The van der Waals surface area contributed by atoms with Crippen molar-refractivity contribution >= 4 is 16.0 Å². The standard InChI is InChI=1S/C43H73NO5S/c1-3-5-7-9-11-13-15-17-19-21-23-24-26-28-30-32-34-36-38-42(45)41(40-50(47,48)49)44-43(46)39-37-35-33-31-29-27-25-22-20-18-16-14-12-10-8-6-4-2/h6,8,12,14,18,20,25,27-28,30-31,33,36,38,41-42,45H,3-5,7,9-11,13,15-17,19,21-24,26,29,32,34-35,37,39-40H2,1-2H3,(H,44,46)(H,47,48,49)/b8-6-,14-12-,20-18-,27-25-,30-28+,33-31-,38-36+. The number of carbonyl (C=O) groups is 1. The van der Waals surface area contributed by atoms with Gasteiger partial charge in [0.1, 0.15) is 0 Å². The molecule has 0 aliphatic rings. The maximum atomic E-state index is 12.5. The number of amides is 1. The summed E-state index contributed by atoms with van der Waals surface area (Å²) in [7, 11) is -4.38. The van der Waals surface area contributed by atoms with Crippen molar-refractivity contribution in [1.82, 2.24) is 5.32 Å². The van der Waals surface area contributed by atoms with Crippen molar-refractivity contribution in [2.24, 2.45) is 0 Å². The molecule has 2 unspecified atom stereocenters. The van der Waals surface area contributed by atoms with Crippen LogP contribution in [0.3, 0.4) is 0 Å². The Bertz CT molecular complexity index is 1100. The minimum absolute atomic E-state index is 0.205. The first-order chi connectivity index (χ1) is 24.3. The average molecular weight is 716 g/mol. The van der Waals surface area contributed by atoms with Crippen molar-refractivity contribution in [2.75, 3.05) is 5.75 Å². The summed E-state index contributed by atoms with van der Waals surface area (Å²) < 4.78 is 32.4. The van der Waals surface area contributed by atoms with Crippen LogP contribution in [-0.4, -0.2) is 41.9 Å². The fourth-order valence-electron chi connectivity index (χ4n) is 5.38. The lowest BCUT2D eigenvalue weighted by molar-refractivity contribution is -0.122. The number of allylic oxidation sites excluding steroid dienone is 13. The zero-order valence-corrected chi connectivity index (χ0v) is 32.6. The van der Waals surface area contributed by atoms with E-state index in [1.165, 1.54) is 83.1 Å². The van der Waals surface area contributed by atoms with Crippen molar-refractivity contribution < 1.29 is 22.9 Å². The molecule has 0 aromatic carbocycles. The van der Waals surface area contributed by atoms with Crippen LogP contribution in [0.15, 0.2) is 85.1 Å². The van der Waals surface area contributed by atoms with Crippen LogP contribution < -0.4 is 5.32 Å². The van der Waals surface area contributed by atoms with Crippen molar-refractivity contribution in [1.29, 1.82) is 0 Å². The molecular weight excluding hydrogens is 643 g/mol. The van der Waals surface area contributed by atoms with Gasteiger partial charge in [0.05, 0.1) is 17.9 Å². The zero-order chi connectivity index (χ0) is 36.8. The topological polar surface area (TPSA) is 104 Å². The quantitative estimate of drug-likeness (QED) is 0.0349. The summed E-state index contributed by atoms with van der Waals surface area (Å²) in [5, 5.41) is 13.1. The number of aliphatic hydroxyl groups is 1. The average Bonchev–Trinajstić information content (AvgIpc) is 3.08. The van der Waals surface area contributed by atoms with Crippen LogP contribution in [0, 0.1) is 0 Å². The highest BCUT2D eigenvalue weighted by molar-refractivity contribution is 7.85. The second-order valence-corrected chi connectivity index (χ2v) is 14.7. The van der Waals surface area contributed by atoms with Crippen LogP contribution in [0.25, 0.3) is 0 Å². The van der Waals surface area contributed by atoms with Crippen LogP contribution in [0.1, 0.15) is 162 Å². The molecule has 0 aromatic heterocycles. The number of hydrogen-bond donors (Lipinski definition) is 3. The van der Waals surface area contributed by atoms with Gasteiger partial charge in [0.2, 0.25) is 5.91 Å². The summed E-state index contributed by atoms with van der Waals surface area (Å²) in [5.41, 5.74) is 0. The Balaban J connectivity index is 4.12. The van der Waals surface area contributed by atoms with Crippen LogP contribution in [0.4, 0.5) is 0 Å². The van der Waals surface area contributed by atoms with Gasteiger partial charge in [-0.2, -0.15) is 8.42 Å². The van der Waals surface area contributed by atoms with Crippen LogP contribution in [0.2, 0.25) is 0 Å². The number of carbonyl (C=O) groups excluding carboxylic acids is 1. The molecule has 0 saturated heterocycles. The lowest BCUT2D eigenvalue weighted by atomic mass is 10.0. The van der Waals surface area contributed by atoms with Gasteiger partial charge >= 0.3 is 0 Å². The molecular formula is C43H73NO5S. The Morgan fingerprint density at radius 1 is 0.560 bits per heavy atom. The highest BCUT2D eigenvalue weighted by atomic mass is 32.2. The van der Waals surface area contributed by atoms with Gasteiger partial charge in [0.25, 0.3) is 10.1 Å². The summed E-state index contributed by atoms with van der Waals surface area (Å²) in [4.78, 5) is 12.5. The predicted octanol–water partition coefficient (Wildman–Crippen LogP) is 11.6. The third-order valence-electron chi connectivity index (χ3n) is 8.31. The molecule has 286 valence electrons. The molecule has 0 fully saturated rings. The van der Waals surface area contributed by atoms with Crippen LogP contribution >= 0.6 is 0 Å². The Morgan fingerprint density at radius 2 is 0.980 bits per heavy atom. The summed E-state index contributed by atoms with van der Waals surface area (Å²) in [5.74, 6) is -1.09. The van der Waals surface area contributed by atoms with Gasteiger partial charge in [0, 0.05) is 6.42 Å². The number of rotatable bonds is 34. The Kier molecular flexibility index (Phi) is 34.5. The fraction of sp³-hybridized carbons (Fsp3) is 0.651. The van der Waals surface area contributed by atoms with Crippen molar-refractivity contribution in [3.05, 3.63) is 85.1 Å². The molecule has 0 aliphatic heterocycles. The third-order valence-corrected chi connectivity index (χ3v) is 9.09. The van der Waals surface area contributed by atoms with Gasteiger partial charge < -0.3 is 10.4 Å². The molecule has 0 radical (unpaired) electrons. The largest absolute Gasteiger partial charge is 0.387 e. The lowest BCUT2D eigenvalue weighted by Gasteiger charge is -2.21. The van der Waals surface area contributed by atoms with Gasteiger partial charge in [-0.05, 0) is 70.6 Å². The minimum atomic E-state index is -4.38. The van der Waals surface area contributed by atoms with Crippen LogP contribution in [0.5, 0.6) is 0 Å². The van der Waals surface area contributed by atoms with Gasteiger partial charge in [-0.15, -0.1) is 0 Å². The predicted molar refractivity (Wildman–Crippen MR) is 216 cm³/mol. The number of nitrogens with one attached hydrogen (secondary N) is 1. The molecule has 0 spiro atoms. The van der Waals surface area contributed by atoms with Gasteiger partial charge in [-0.3, -0.25) is 9.35 Å². The van der Waals surface area contributed by atoms with E-state index in [4.69, 9.17) is 0 Å². The first-order valence-corrected chi connectivity index (χ1v) is 21.4. The van der Waals surface area contributed by atoms with E-state index in [0.29, 0.717) is 12.8 Å². The van der Waals surface area contributed by atoms with E-state index in [1.54, 1.807) is 6.08 Å². The minimum Gasteiger partial charge on any atom is -0.387 e. The third kappa shape index (κ3) is 36.8. The molecule has 6 nitrogen and oxygen atoms in total. The van der Waals surface area contributed by atoms with Crippen molar-refractivity contribution in [2.45, 2.75) is 174 Å². The van der Waals surface area contributed by atoms with Crippen molar-refractivity contribution in [3.63, 3.8) is 0 Å². The van der Waals surface area contributed by atoms with Gasteiger partial charge in [-0.1, -0.05) is 170 Å². The Morgan fingerprint density at radius 3 is 1.50 bits per heavy atom. The van der Waals surface area contributed by atoms with E-state index in [9.17, 15) is 22.9 Å². The van der Waals surface area contributed by atoms with E-state index < -0.39 is 28.0 Å². The molecule has 0 heterocycles. The fourth-order valence-corrected chi connectivity index (χ4v) is 6.12. The second-order valence-electron chi connectivity index (χ2n) is 13.2. The summed E-state index contributed by atoms with van der Waals surface area (Å²) in [6.45, 7) is 4.40. The SMILES string of the molecule is CC/C=C\C/C=C\C/C=C\C/C=C\C/C=C\CCCC(=O)NC(CS(=O)(=O)O)C(O)/C=C/CC/C=C/CCCCCCCCCCCCCC. The first kappa shape index (κ1) is 47.5. The number of hydrogen-bond acceptors (Lipinski definition) is 4. The lowest BCUT2D eigenvalue weighted by Crippen LogP contribution is -2.46. The molecule has 2 atom stereocenters. The van der Waals surface area contributed by atoms with Gasteiger partial charge in [0.15, 0.2) is 0 Å². The highest BCUT2D eigenvalue weighted by Gasteiger charge is 2.24. The molecule has 0 bridgehead atoms. The smallest absolute Gasteiger partial charge is 0.267 e. The number of unbranched alkanes of at least 4 members (excludes halogenated alkanes) is 14. The van der Waals surface area contributed by atoms with Crippen LogP contribution in [-0.2, 0) is 14.9 Å². The molecule has 50 heavy (non-hydrogen) atoms. The maximum absolute atomic E-state index is 12.5. The van der Waals surface area contributed by atoms with E-state index in [2.05, 4.69) is 86.0 Å². The summed E-state index contributed by atoms with van der Waals surface area (Å²) in [6, 6.07) is -1.11. The van der Waals surface area contributed by atoms with E-state index in [-0.39, 0.29) is 12.3 Å². The Hall–Kier alpha value is -2.48. The maximum Gasteiger partial charge on any atom is 0.267 e. The second kappa shape index (κ2) is 36.3. The molecule has 0 saturated carbocycles. The van der Waals surface area contributed by atoms with E-state index in [1.807, 2.05) is 6.08 Å². The monoisotopic (exact) mass is 716 g/mol. The highest BCUT2D eigenvalue weighted by Crippen LogP contribution is 2.13. The van der Waals surface area contributed by atoms with E-state index in [0.717, 1.165) is 51.4 Å².